The van der Waals surface area contributed by atoms with Gasteiger partial charge >= 0.3 is 0 Å². The summed E-state index contributed by atoms with van der Waals surface area (Å²) >= 11 is 0. The molecule has 0 spiro atoms. The highest BCUT2D eigenvalue weighted by atomic mass is 16.3. The normalized spacial score (nSPS) is 13.1. The van der Waals surface area contributed by atoms with Gasteiger partial charge < -0.3 is 5.11 Å². The van der Waals surface area contributed by atoms with Gasteiger partial charge in [-0.3, -0.25) is 0 Å². The predicted molar refractivity (Wildman–Crippen MR) is 86.5 cm³/mol. The van der Waals surface area contributed by atoms with Crippen LogP contribution in [0.3, 0.4) is 0 Å². The van der Waals surface area contributed by atoms with E-state index in [-0.39, 0.29) is 0 Å². The Hall–Kier alpha value is -0.0400. The fourth-order valence-corrected chi connectivity index (χ4v) is 2.88. The molecule has 0 unspecified atom stereocenters. The molecule has 0 aliphatic rings. The molecule has 19 heavy (non-hydrogen) atoms. The molecule has 0 amide bonds. The number of aliphatic hydroxyl groups is 1. The lowest BCUT2D eigenvalue weighted by molar-refractivity contribution is 0.171. The molecule has 0 radical (unpaired) electrons. The van der Waals surface area contributed by atoms with Crippen molar-refractivity contribution in [2.45, 2.75) is 97.8 Å². The number of rotatable bonds is 14. The second-order valence-corrected chi connectivity index (χ2v) is 6.33. The Balaban J connectivity index is 3.70. The molecule has 0 aromatic heterocycles. The average molecular weight is 271 g/mol. The van der Waals surface area contributed by atoms with E-state index in [2.05, 4.69) is 20.8 Å². The Kier molecular flexibility index (Phi) is 14.3. The van der Waals surface area contributed by atoms with Crippen LogP contribution in [0.5, 0.6) is 0 Å². The zero-order chi connectivity index (χ0) is 14.3. The van der Waals surface area contributed by atoms with Crippen molar-refractivity contribution in [1.82, 2.24) is 0 Å². The molecule has 1 nitrogen and oxygen atoms in total. The number of hydrogen-bond donors (Lipinski definition) is 1. The van der Waals surface area contributed by atoms with Crippen LogP contribution in [0, 0.1) is 11.8 Å². The van der Waals surface area contributed by atoms with E-state index >= 15 is 0 Å². The van der Waals surface area contributed by atoms with E-state index in [1.165, 1.54) is 77.0 Å². The van der Waals surface area contributed by atoms with Gasteiger partial charge in [0.25, 0.3) is 0 Å². The Morgan fingerprint density at radius 1 is 0.684 bits per heavy atom. The van der Waals surface area contributed by atoms with Crippen LogP contribution in [0.25, 0.3) is 0 Å². The molecule has 0 aromatic rings. The summed E-state index contributed by atoms with van der Waals surface area (Å²) in [6.07, 6.45) is 16.4. The quantitative estimate of drug-likeness (QED) is 0.387. The topological polar surface area (TPSA) is 20.2 Å². The molecule has 0 rings (SSSR count). The van der Waals surface area contributed by atoms with E-state index in [0.29, 0.717) is 12.5 Å². The molecule has 1 heteroatoms. The maximum atomic E-state index is 9.39. The van der Waals surface area contributed by atoms with Crippen LogP contribution in [0.1, 0.15) is 97.8 Å². The van der Waals surface area contributed by atoms with Gasteiger partial charge in [0.1, 0.15) is 0 Å². The van der Waals surface area contributed by atoms with E-state index in [1.807, 2.05) is 0 Å². The van der Waals surface area contributed by atoms with E-state index in [4.69, 9.17) is 0 Å². The van der Waals surface area contributed by atoms with Crippen molar-refractivity contribution in [1.29, 1.82) is 0 Å². The highest BCUT2D eigenvalue weighted by Gasteiger charge is 2.15. The monoisotopic (exact) mass is 270 g/mol. The second-order valence-electron chi connectivity index (χ2n) is 6.33. The summed E-state index contributed by atoms with van der Waals surface area (Å²) in [5.41, 5.74) is 0. The summed E-state index contributed by atoms with van der Waals surface area (Å²) in [5.74, 6) is 1.26. The van der Waals surface area contributed by atoms with Gasteiger partial charge in [-0.1, -0.05) is 97.8 Å². The summed E-state index contributed by atoms with van der Waals surface area (Å²) in [4.78, 5) is 0. The summed E-state index contributed by atoms with van der Waals surface area (Å²) in [6, 6.07) is 0. The molecule has 0 fully saturated rings. The van der Waals surface area contributed by atoms with E-state index < -0.39 is 0 Å². The average Bonchev–Trinajstić information content (AvgIpc) is 2.43. The van der Waals surface area contributed by atoms with Gasteiger partial charge in [0, 0.05) is 6.61 Å². The number of hydrogen-bond acceptors (Lipinski definition) is 1. The van der Waals surface area contributed by atoms with Gasteiger partial charge in [-0.25, -0.2) is 0 Å². The fraction of sp³-hybridized carbons (Fsp3) is 1.00. The van der Waals surface area contributed by atoms with Gasteiger partial charge in [0.2, 0.25) is 0 Å². The Morgan fingerprint density at radius 3 is 1.47 bits per heavy atom. The van der Waals surface area contributed by atoms with Gasteiger partial charge in [0.15, 0.2) is 0 Å². The third-order valence-corrected chi connectivity index (χ3v) is 4.45. The first-order chi connectivity index (χ1) is 9.26. The lowest BCUT2D eigenvalue weighted by Gasteiger charge is -2.22. The standard InChI is InChI=1S/C18H38O/c1-4-6-8-10-12-14-18(17(3)16-19)15-13-11-9-7-5-2/h17-19H,4-16H2,1-3H3/t17-/m0/s1. The smallest absolute Gasteiger partial charge is 0.0459 e. The summed E-state index contributed by atoms with van der Waals surface area (Å²) in [5, 5.41) is 9.39. The molecule has 116 valence electrons. The largest absolute Gasteiger partial charge is 0.396 e. The molecular weight excluding hydrogens is 232 g/mol. The minimum absolute atomic E-state index is 0.370. The molecular formula is C18H38O. The Morgan fingerprint density at radius 2 is 1.11 bits per heavy atom. The third-order valence-electron chi connectivity index (χ3n) is 4.45. The predicted octanol–water partition coefficient (Wildman–Crippen LogP) is 5.95. The molecule has 0 aromatic carbocycles. The highest BCUT2D eigenvalue weighted by Crippen LogP contribution is 2.25. The lowest BCUT2D eigenvalue weighted by Crippen LogP contribution is -2.15. The highest BCUT2D eigenvalue weighted by molar-refractivity contribution is 4.66. The first-order valence-corrected chi connectivity index (χ1v) is 8.87. The maximum Gasteiger partial charge on any atom is 0.0459 e. The molecule has 0 heterocycles. The van der Waals surface area contributed by atoms with Crippen LogP contribution >= 0.6 is 0 Å². The zero-order valence-corrected chi connectivity index (χ0v) is 13.8. The van der Waals surface area contributed by atoms with Crippen molar-refractivity contribution in [2.75, 3.05) is 6.61 Å². The number of unbranched alkanes of at least 4 members (excludes halogenated alkanes) is 8. The summed E-state index contributed by atoms with van der Waals surface area (Å²) in [7, 11) is 0. The minimum Gasteiger partial charge on any atom is -0.396 e. The van der Waals surface area contributed by atoms with Crippen molar-refractivity contribution in [3.63, 3.8) is 0 Å². The molecule has 0 saturated carbocycles. The van der Waals surface area contributed by atoms with E-state index in [9.17, 15) is 5.11 Å². The van der Waals surface area contributed by atoms with Crippen molar-refractivity contribution in [3.05, 3.63) is 0 Å². The Bertz CT molecular complexity index is 153. The first-order valence-electron chi connectivity index (χ1n) is 8.87. The van der Waals surface area contributed by atoms with Crippen LogP contribution in [0.15, 0.2) is 0 Å². The SMILES string of the molecule is CCCCCCCC(CCCCCCC)[C@@H](C)CO. The lowest BCUT2D eigenvalue weighted by atomic mass is 9.85. The molecule has 0 aliphatic carbocycles. The molecule has 0 saturated heterocycles. The van der Waals surface area contributed by atoms with Gasteiger partial charge in [0.05, 0.1) is 0 Å². The maximum absolute atomic E-state index is 9.39. The second kappa shape index (κ2) is 14.4. The Labute approximate surface area is 122 Å². The van der Waals surface area contributed by atoms with Crippen molar-refractivity contribution in [3.8, 4) is 0 Å². The molecule has 1 atom stereocenters. The summed E-state index contributed by atoms with van der Waals surface area (Å²) < 4.78 is 0. The van der Waals surface area contributed by atoms with Gasteiger partial charge in [-0.2, -0.15) is 0 Å². The van der Waals surface area contributed by atoms with Crippen molar-refractivity contribution >= 4 is 0 Å². The number of aliphatic hydroxyl groups excluding tert-OH is 1. The van der Waals surface area contributed by atoms with Crippen molar-refractivity contribution < 1.29 is 5.11 Å². The minimum atomic E-state index is 0.370. The van der Waals surface area contributed by atoms with Crippen LogP contribution < -0.4 is 0 Å². The first kappa shape index (κ1) is 19.0. The van der Waals surface area contributed by atoms with Crippen LogP contribution in [-0.4, -0.2) is 11.7 Å². The van der Waals surface area contributed by atoms with Gasteiger partial charge in [-0.05, 0) is 11.8 Å². The summed E-state index contributed by atoms with van der Waals surface area (Å²) in [6.45, 7) is 7.14. The van der Waals surface area contributed by atoms with E-state index in [1.54, 1.807) is 0 Å². The molecule has 1 N–H and O–H groups in total. The zero-order valence-electron chi connectivity index (χ0n) is 13.8. The van der Waals surface area contributed by atoms with Crippen LogP contribution in [-0.2, 0) is 0 Å². The molecule has 0 aliphatic heterocycles. The van der Waals surface area contributed by atoms with E-state index in [0.717, 1.165) is 5.92 Å². The molecule has 0 bridgehead atoms. The third kappa shape index (κ3) is 11.5. The van der Waals surface area contributed by atoms with Crippen molar-refractivity contribution in [2.24, 2.45) is 11.8 Å². The fourth-order valence-electron chi connectivity index (χ4n) is 2.88. The van der Waals surface area contributed by atoms with Crippen LogP contribution in [0.2, 0.25) is 0 Å². The van der Waals surface area contributed by atoms with Gasteiger partial charge in [-0.15, -0.1) is 0 Å². The van der Waals surface area contributed by atoms with Crippen LogP contribution in [0.4, 0.5) is 0 Å².